The molecular formula is C26H37NO4. The lowest BCUT2D eigenvalue weighted by Gasteiger charge is -2.21. The second-order valence-corrected chi connectivity index (χ2v) is 7.07. The molecule has 1 N–H and O–H groups in total. The van der Waals surface area contributed by atoms with Gasteiger partial charge in [0.25, 0.3) is 0 Å². The number of benzene rings is 1. The molecule has 1 aromatic heterocycles. The summed E-state index contributed by atoms with van der Waals surface area (Å²) in [5, 5.41) is 9.35. The first-order valence-corrected chi connectivity index (χ1v) is 11.3. The van der Waals surface area contributed by atoms with Gasteiger partial charge >= 0.3 is 5.97 Å². The molecule has 170 valence electrons. The number of carboxylic acid groups (broad SMARTS) is 1. The van der Waals surface area contributed by atoms with E-state index in [1.54, 1.807) is 12.5 Å². The topological polar surface area (TPSA) is 72.6 Å². The number of hydrogen-bond donors (Lipinski definition) is 1. The summed E-state index contributed by atoms with van der Waals surface area (Å²) >= 11 is 0. The summed E-state index contributed by atoms with van der Waals surface area (Å²) in [7, 11) is 0. The van der Waals surface area contributed by atoms with Gasteiger partial charge in [0, 0.05) is 12.0 Å². The van der Waals surface area contributed by atoms with Gasteiger partial charge in [-0.15, -0.1) is 6.58 Å². The Bertz CT molecular complexity index is 767. The molecule has 5 nitrogen and oxygen atoms in total. The Hall–Kier alpha value is -2.82. The van der Waals surface area contributed by atoms with E-state index in [0.29, 0.717) is 25.3 Å². The van der Waals surface area contributed by atoms with E-state index < -0.39 is 5.97 Å². The summed E-state index contributed by atoms with van der Waals surface area (Å²) in [6, 6.07) is 9.80. The average Bonchev–Trinajstić information content (AvgIpc) is 3.27. The summed E-state index contributed by atoms with van der Waals surface area (Å²) in [4.78, 5) is 15.8. The minimum absolute atomic E-state index is 0.148. The molecule has 0 radical (unpaired) electrons. The highest BCUT2D eigenvalue weighted by molar-refractivity contribution is 5.70. The predicted molar refractivity (Wildman–Crippen MR) is 126 cm³/mol. The Balaban J connectivity index is 0.00000233. The fraction of sp³-hybridized carbons (Fsp3) is 0.462. The molecule has 0 aliphatic rings. The molecule has 0 saturated heterocycles. The molecule has 5 heteroatoms. The molecule has 0 spiro atoms. The molecule has 0 fully saturated rings. The van der Waals surface area contributed by atoms with E-state index in [9.17, 15) is 9.90 Å². The van der Waals surface area contributed by atoms with Crippen LogP contribution in [0.25, 0.3) is 11.5 Å². The Kier molecular flexibility index (Phi) is 13.5. The molecule has 2 unspecified atom stereocenters. The van der Waals surface area contributed by atoms with Gasteiger partial charge in [-0.05, 0) is 56.2 Å². The molecule has 2 aromatic rings. The summed E-state index contributed by atoms with van der Waals surface area (Å²) in [6.45, 7) is 10.2. The van der Waals surface area contributed by atoms with E-state index in [1.165, 1.54) is 0 Å². The zero-order valence-electron chi connectivity index (χ0n) is 19.1. The first kappa shape index (κ1) is 26.2. The summed E-state index contributed by atoms with van der Waals surface area (Å²) in [5.74, 6) is -0.231. The fourth-order valence-electron chi connectivity index (χ4n) is 3.41. The van der Waals surface area contributed by atoms with Crippen molar-refractivity contribution in [3.8, 4) is 11.5 Å². The number of nitrogens with zero attached hydrogens (tertiary/aromatic N) is 1. The molecule has 0 saturated carbocycles. The number of oxazole rings is 1. The SMILES string of the molecule is C=CCC(CCC/C=C/OCCc1coc(-c2ccccc2)n1)C(CC)C(=O)O.CC. The predicted octanol–water partition coefficient (Wildman–Crippen LogP) is 6.91. The Labute approximate surface area is 186 Å². The molecule has 0 aliphatic carbocycles. The number of unbranched alkanes of at least 4 members (excludes halogenated alkanes) is 1. The number of hydrogen-bond acceptors (Lipinski definition) is 4. The van der Waals surface area contributed by atoms with E-state index in [1.807, 2.05) is 63.3 Å². The highest BCUT2D eigenvalue weighted by atomic mass is 16.5. The molecule has 0 amide bonds. The molecule has 2 rings (SSSR count). The second kappa shape index (κ2) is 15.9. The molecule has 1 heterocycles. The van der Waals surface area contributed by atoms with Crippen LogP contribution in [0.3, 0.4) is 0 Å². The molecule has 1 aromatic carbocycles. The number of rotatable bonds is 14. The number of ether oxygens (including phenoxy) is 1. The zero-order chi connectivity index (χ0) is 22.9. The van der Waals surface area contributed by atoms with Crippen molar-refractivity contribution in [2.45, 2.75) is 59.3 Å². The van der Waals surface area contributed by atoms with Crippen molar-refractivity contribution >= 4 is 5.97 Å². The molecule has 2 atom stereocenters. The van der Waals surface area contributed by atoms with Crippen molar-refractivity contribution in [2.24, 2.45) is 11.8 Å². The van der Waals surface area contributed by atoms with Crippen LogP contribution in [0.2, 0.25) is 0 Å². The average molecular weight is 428 g/mol. The lowest BCUT2D eigenvalue weighted by Crippen LogP contribution is -2.22. The van der Waals surface area contributed by atoms with Crippen LogP contribution in [-0.4, -0.2) is 22.7 Å². The van der Waals surface area contributed by atoms with Crippen LogP contribution >= 0.6 is 0 Å². The van der Waals surface area contributed by atoms with Crippen molar-refractivity contribution in [1.82, 2.24) is 4.98 Å². The van der Waals surface area contributed by atoms with Crippen molar-refractivity contribution in [3.05, 3.63) is 67.3 Å². The van der Waals surface area contributed by atoms with Crippen LogP contribution in [0.5, 0.6) is 0 Å². The van der Waals surface area contributed by atoms with Gasteiger partial charge in [-0.3, -0.25) is 4.79 Å². The lowest BCUT2D eigenvalue weighted by molar-refractivity contribution is -0.143. The highest BCUT2D eigenvalue weighted by Gasteiger charge is 2.24. The Morgan fingerprint density at radius 1 is 1.29 bits per heavy atom. The quantitative estimate of drug-likeness (QED) is 0.201. The van der Waals surface area contributed by atoms with E-state index in [4.69, 9.17) is 9.15 Å². The monoisotopic (exact) mass is 427 g/mol. The van der Waals surface area contributed by atoms with Gasteiger partial charge in [0.15, 0.2) is 0 Å². The van der Waals surface area contributed by atoms with Gasteiger partial charge in [-0.1, -0.05) is 45.0 Å². The van der Waals surface area contributed by atoms with Crippen LogP contribution in [0, 0.1) is 11.8 Å². The van der Waals surface area contributed by atoms with Gasteiger partial charge < -0.3 is 14.3 Å². The minimum atomic E-state index is -0.707. The number of carboxylic acids is 1. The van der Waals surface area contributed by atoms with Crippen LogP contribution in [0.1, 0.15) is 58.6 Å². The normalized spacial score (nSPS) is 12.6. The third-order valence-electron chi connectivity index (χ3n) is 4.98. The minimum Gasteiger partial charge on any atom is -0.501 e. The maximum atomic E-state index is 11.4. The molecule has 31 heavy (non-hydrogen) atoms. The number of carbonyl (C=O) groups is 1. The maximum absolute atomic E-state index is 11.4. The molecular weight excluding hydrogens is 390 g/mol. The van der Waals surface area contributed by atoms with Gasteiger partial charge in [-0.2, -0.15) is 0 Å². The van der Waals surface area contributed by atoms with Gasteiger partial charge in [-0.25, -0.2) is 4.98 Å². The number of aliphatic carboxylic acids is 1. The summed E-state index contributed by atoms with van der Waals surface area (Å²) < 4.78 is 11.1. The number of aromatic nitrogens is 1. The van der Waals surface area contributed by atoms with Crippen LogP contribution in [0.4, 0.5) is 0 Å². The smallest absolute Gasteiger partial charge is 0.306 e. The summed E-state index contributed by atoms with van der Waals surface area (Å²) in [5.41, 5.74) is 1.83. The van der Waals surface area contributed by atoms with Crippen molar-refractivity contribution in [2.75, 3.05) is 6.61 Å². The van der Waals surface area contributed by atoms with Crippen molar-refractivity contribution in [3.63, 3.8) is 0 Å². The summed E-state index contributed by atoms with van der Waals surface area (Å²) in [6.07, 6.45) is 12.0. The second-order valence-electron chi connectivity index (χ2n) is 7.07. The highest BCUT2D eigenvalue weighted by Crippen LogP contribution is 2.26. The van der Waals surface area contributed by atoms with Gasteiger partial charge in [0.2, 0.25) is 5.89 Å². The lowest BCUT2D eigenvalue weighted by atomic mass is 9.83. The van der Waals surface area contributed by atoms with E-state index in [2.05, 4.69) is 11.6 Å². The van der Waals surface area contributed by atoms with Crippen LogP contribution in [-0.2, 0) is 16.0 Å². The molecule has 0 bridgehead atoms. The molecule has 0 aliphatic heterocycles. The van der Waals surface area contributed by atoms with Gasteiger partial charge in [0.1, 0.15) is 6.26 Å². The third-order valence-corrected chi connectivity index (χ3v) is 4.98. The van der Waals surface area contributed by atoms with E-state index >= 15 is 0 Å². The first-order valence-electron chi connectivity index (χ1n) is 11.3. The standard InChI is InChI=1S/C24H31NO4.C2H6/c1-3-11-19(22(4-2)24(26)27)12-9-6-10-16-28-17-15-21-18-29-23(25-21)20-13-7-5-8-14-20;1-2/h3,5,7-8,10,13-14,16,18-19,22H,1,4,6,9,11-12,15,17H2,2H3,(H,26,27);1-2H3/b16-10+;. The Morgan fingerprint density at radius 3 is 2.68 bits per heavy atom. The third kappa shape index (κ3) is 9.69. The maximum Gasteiger partial charge on any atom is 0.306 e. The van der Waals surface area contributed by atoms with Crippen molar-refractivity contribution in [1.29, 1.82) is 0 Å². The van der Waals surface area contributed by atoms with Gasteiger partial charge in [0.05, 0.1) is 24.5 Å². The largest absolute Gasteiger partial charge is 0.501 e. The van der Waals surface area contributed by atoms with E-state index in [-0.39, 0.29) is 11.8 Å². The Morgan fingerprint density at radius 2 is 2.03 bits per heavy atom. The van der Waals surface area contributed by atoms with Crippen LogP contribution in [0.15, 0.2) is 66.0 Å². The fourth-order valence-corrected chi connectivity index (χ4v) is 3.41. The van der Waals surface area contributed by atoms with Crippen LogP contribution < -0.4 is 0 Å². The van der Waals surface area contributed by atoms with Crippen molar-refractivity contribution < 1.29 is 19.1 Å². The zero-order valence-corrected chi connectivity index (χ0v) is 19.1. The first-order chi connectivity index (χ1) is 15.2. The number of allylic oxidation sites excluding steroid dienone is 2. The van der Waals surface area contributed by atoms with E-state index in [0.717, 1.165) is 36.9 Å².